The summed E-state index contributed by atoms with van der Waals surface area (Å²) in [5.41, 5.74) is -2.06. The maximum atomic E-state index is 15.0. The van der Waals surface area contributed by atoms with Gasteiger partial charge in [0, 0.05) is 18.3 Å². The summed E-state index contributed by atoms with van der Waals surface area (Å²) in [6.07, 6.45) is 0.691. The SMILES string of the molecule is CC(=O)O[C@H]([C@@H]1C[C@@H](C)[C@H]2[C@@H](O1)C(=O)[C@@]1(C)[C@@H]3CC[C@H]4C(C)(C)[C@@H](O[C@@H]5OC[C@@H](O)[C@H](O)[C@H]5O)CC[C@@]45C[C@@]35CC[C@]21C)C(C)(C)O. The Hall–Kier alpha value is -1.14. The van der Waals surface area contributed by atoms with Crippen LogP contribution < -0.4 is 0 Å². The zero-order chi connectivity index (χ0) is 34.3. The van der Waals surface area contributed by atoms with E-state index in [1.165, 1.54) is 6.92 Å². The highest BCUT2D eigenvalue weighted by atomic mass is 16.7. The van der Waals surface area contributed by atoms with E-state index in [9.17, 15) is 30.0 Å². The van der Waals surface area contributed by atoms with Gasteiger partial charge in [-0.25, -0.2) is 0 Å². The van der Waals surface area contributed by atoms with Crippen molar-refractivity contribution in [1.29, 1.82) is 0 Å². The van der Waals surface area contributed by atoms with E-state index in [1.54, 1.807) is 13.8 Å². The molecule has 2 saturated heterocycles. The number of rotatable bonds is 5. The largest absolute Gasteiger partial charge is 0.457 e. The molecule has 5 saturated carbocycles. The van der Waals surface area contributed by atoms with Crippen molar-refractivity contribution in [2.45, 2.75) is 161 Å². The van der Waals surface area contributed by atoms with Crippen LogP contribution in [0.5, 0.6) is 0 Å². The summed E-state index contributed by atoms with van der Waals surface area (Å²) in [6, 6.07) is 0. The van der Waals surface area contributed by atoms with E-state index < -0.39 is 59.9 Å². The molecular formula is C37H58O10. The number of Topliss-reactive ketones (excluding diaryl/α,β-unsaturated/α-hetero) is 1. The van der Waals surface area contributed by atoms with Crippen molar-refractivity contribution in [3.8, 4) is 0 Å². The van der Waals surface area contributed by atoms with Crippen LogP contribution in [0.15, 0.2) is 0 Å². The molecule has 2 aliphatic heterocycles. The van der Waals surface area contributed by atoms with Crippen LogP contribution in [-0.2, 0) is 28.5 Å². The van der Waals surface area contributed by atoms with E-state index in [0.717, 1.165) is 44.9 Å². The van der Waals surface area contributed by atoms with Crippen LogP contribution in [0.3, 0.4) is 0 Å². The highest BCUT2D eigenvalue weighted by molar-refractivity contribution is 5.93. The Morgan fingerprint density at radius 3 is 2.30 bits per heavy atom. The van der Waals surface area contributed by atoms with Crippen LogP contribution >= 0.6 is 0 Å². The molecule has 10 nitrogen and oxygen atoms in total. The fourth-order valence-corrected chi connectivity index (χ4v) is 13.4. The molecule has 0 unspecified atom stereocenters. The van der Waals surface area contributed by atoms with Gasteiger partial charge in [0.15, 0.2) is 18.2 Å². The van der Waals surface area contributed by atoms with Gasteiger partial charge in [0.05, 0.1) is 24.4 Å². The Balaban J connectivity index is 1.15. The van der Waals surface area contributed by atoms with Crippen molar-refractivity contribution < 1.29 is 49.0 Å². The van der Waals surface area contributed by atoms with Crippen LogP contribution in [0, 0.1) is 50.7 Å². The minimum atomic E-state index is -1.31. The minimum absolute atomic E-state index is 0.0668. The van der Waals surface area contributed by atoms with Gasteiger partial charge in [-0.3, -0.25) is 9.59 Å². The smallest absolute Gasteiger partial charge is 0.303 e. The number of esters is 1. The Bertz CT molecular complexity index is 1290. The van der Waals surface area contributed by atoms with Crippen molar-refractivity contribution >= 4 is 11.8 Å². The third kappa shape index (κ3) is 4.46. The molecule has 0 aromatic carbocycles. The lowest BCUT2D eigenvalue weighted by molar-refractivity contribution is -0.302. The highest BCUT2D eigenvalue weighted by Crippen LogP contribution is 2.89. The average Bonchev–Trinajstić information content (AvgIpc) is 3.61. The van der Waals surface area contributed by atoms with Gasteiger partial charge in [-0.15, -0.1) is 0 Å². The van der Waals surface area contributed by atoms with Crippen molar-refractivity contribution in [3.63, 3.8) is 0 Å². The molecule has 4 N–H and O–H groups in total. The number of ketones is 1. The van der Waals surface area contributed by atoms with E-state index in [0.29, 0.717) is 12.3 Å². The first-order valence-corrected chi connectivity index (χ1v) is 18.2. The molecule has 2 spiro atoms. The Labute approximate surface area is 279 Å². The molecule has 0 amide bonds. The lowest BCUT2D eigenvalue weighted by Gasteiger charge is -2.62. The number of carbonyl (C=O) groups is 2. The second-order valence-electron chi connectivity index (χ2n) is 18.4. The molecule has 0 radical (unpaired) electrons. The number of ether oxygens (including phenoxy) is 4. The first-order valence-electron chi connectivity index (χ1n) is 18.2. The quantitative estimate of drug-likeness (QED) is 0.254. The predicted molar refractivity (Wildman–Crippen MR) is 170 cm³/mol. The molecule has 0 bridgehead atoms. The van der Waals surface area contributed by atoms with E-state index >= 15 is 0 Å². The second-order valence-corrected chi connectivity index (χ2v) is 18.4. The molecule has 266 valence electrons. The first kappa shape index (κ1) is 34.3. The van der Waals surface area contributed by atoms with Crippen LogP contribution in [0.4, 0.5) is 0 Å². The van der Waals surface area contributed by atoms with Gasteiger partial charge in [0.2, 0.25) is 0 Å². The number of carbonyl (C=O) groups excluding carboxylic acids is 2. The number of hydrogen-bond acceptors (Lipinski definition) is 10. The first-order chi connectivity index (χ1) is 21.8. The number of hydrogen-bond donors (Lipinski definition) is 4. The van der Waals surface area contributed by atoms with Gasteiger partial charge in [0.25, 0.3) is 0 Å². The van der Waals surface area contributed by atoms with Crippen molar-refractivity contribution in [2.75, 3.05) is 6.61 Å². The summed E-state index contributed by atoms with van der Waals surface area (Å²) in [4.78, 5) is 27.0. The van der Waals surface area contributed by atoms with Crippen molar-refractivity contribution in [2.24, 2.45) is 50.7 Å². The van der Waals surface area contributed by atoms with Crippen LogP contribution in [-0.4, -0.2) is 93.4 Å². The summed E-state index contributed by atoms with van der Waals surface area (Å²) in [5.74, 6) is 0.603. The van der Waals surface area contributed by atoms with Crippen LogP contribution in [0.1, 0.15) is 107 Å². The predicted octanol–water partition coefficient (Wildman–Crippen LogP) is 3.53. The molecule has 16 atom stereocenters. The van der Waals surface area contributed by atoms with Gasteiger partial charge >= 0.3 is 5.97 Å². The zero-order valence-electron chi connectivity index (χ0n) is 29.5. The molecular weight excluding hydrogens is 604 g/mol. The summed E-state index contributed by atoms with van der Waals surface area (Å²) >= 11 is 0. The van der Waals surface area contributed by atoms with Gasteiger partial charge in [-0.2, -0.15) is 0 Å². The molecule has 5 aliphatic carbocycles. The lowest BCUT2D eigenvalue weighted by Crippen LogP contribution is -2.60. The minimum Gasteiger partial charge on any atom is -0.457 e. The van der Waals surface area contributed by atoms with E-state index in [1.807, 2.05) is 0 Å². The molecule has 7 fully saturated rings. The van der Waals surface area contributed by atoms with Gasteiger partial charge < -0.3 is 39.4 Å². The Morgan fingerprint density at radius 2 is 1.64 bits per heavy atom. The Morgan fingerprint density at radius 1 is 0.979 bits per heavy atom. The standard InChI is InChI=1S/C37H58O10/c1-18-15-21(30(33(5,6)43)45-19(2)38)46-28-25(18)34(7)13-14-37-17-36(37)12-11-24(47-31-27(41)26(40)20(39)16-44-31)32(3,4)22(36)9-10-23(37)35(34,8)29(28)42/h18,20-28,30-31,39-41,43H,9-17H2,1-8H3/t18-,20-,21+,22+,23+,24+,25+,26+,27-,28-,30-,31+,34-,35-,36-,37+/m1/s1. The third-order valence-corrected chi connectivity index (χ3v) is 15.6. The summed E-state index contributed by atoms with van der Waals surface area (Å²) < 4.78 is 24.4. The number of aliphatic hydroxyl groups excluding tert-OH is 3. The second kappa shape index (κ2) is 10.7. The highest BCUT2D eigenvalue weighted by Gasteiger charge is 2.85. The molecule has 2 heterocycles. The van der Waals surface area contributed by atoms with E-state index in [-0.39, 0.29) is 57.9 Å². The fourth-order valence-electron chi connectivity index (χ4n) is 13.4. The molecule has 7 rings (SSSR count). The van der Waals surface area contributed by atoms with Gasteiger partial charge in [0.1, 0.15) is 24.4 Å². The third-order valence-electron chi connectivity index (χ3n) is 15.6. The maximum absolute atomic E-state index is 15.0. The van der Waals surface area contributed by atoms with Crippen molar-refractivity contribution in [1.82, 2.24) is 0 Å². The topological polar surface area (TPSA) is 152 Å². The van der Waals surface area contributed by atoms with Gasteiger partial charge in [-0.05, 0) is 105 Å². The van der Waals surface area contributed by atoms with Gasteiger partial charge in [-0.1, -0.05) is 34.6 Å². The summed E-state index contributed by atoms with van der Waals surface area (Å²) in [7, 11) is 0. The average molecular weight is 663 g/mol. The number of aliphatic hydroxyl groups is 4. The monoisotopic (exact) mass is 662 g/mol. The van der Waals surface area contributed by atoms with Crippen LogP contribution in [0.2, 0.25) is 0 Å². The summed E-state index contributed by atoms with van der Waals surface area (Å²) in [6.45, 7) is 15.9. The fraction of sp³-hybridized carbons (Fsp3) is 0.946. The number of fused-ring (bicyclic) bond motifs is 4. The Kier molecular flexibility index (Phi) is 7.80. The van der Waals surface area contributed by atoms with Crippen LogP contribution in [0.25, 0.3) is 0 Å². The van der Waals surface area contributed by atoms with Crippen molar-refractivity contribution in [3.05, 3.63) is 0 Å². The summed E-state index contributed by atoms with van der Waals surface area (Å²) in [5, 5.41) is 41.8. The zero-order valence-corrected chi connectivity index (χ0v) is 29.5. The molecule has 0 aromatic rings. The molecule has 7 aliphatic rings. The van der Waals surface area contributed by atoms with E-state index in [2.05, 4.69) is 34.6 Å². The molecule has 47 heavy (non-hydrogen) atoms. The normalized spacial score (nSPS) is 53.9. The molecule has 10 heteroatoms. The molecule has 0 aromatic heterocycles. The maximum Gasteiger partial charge on any atom is 0.303 e. The lowest BCUT2D eigenvalue weighted by atomic mass is 9.41. The van der Waals surface area contributed by atoms with E-state index in [4.69, 9.17) is 18.9 Å².